The van der Waals surface area contributed by atoms with E-state index in [0.717, 1.165) is 24.3 Å². The molecule has 2 amide bonds. The van der Waals surface area contributed by atoms with E-state index in [9.17, 15) is 4.79 Å². The Morgan fingerprint density at radius 2 is 1.28 bits per heavy atom. The summed E-state index contributed by atoms with van der Waals surface area (Å²) in [5, 5.41) is 0. The van der Waals surface area contributed by atoms with Gasteiger partial charge in [0.2, 0.25) is 0 Å². The number of amides is 2. The third-order valence-electron chi connectivity index (χ3n) is 4.73. The lowest BCUT2D eigenvalue weighted by Gasteiger charge is -2.21. The zero-order chi connectivity index (χ0) is 18.0. The van der Waals surface area contributed by atoms with Crippen molar-refractivity contribution in [1.82, 2.24) is 9.80 Å². The predicted octanol–water partition coefficient (Wildman–Crippen LogP) is 4.00. The highest BCUT2D eigenvalue weighted by Crippen LogP contribution is 2.23. The highest BCUT2D eigenvalue weighted by Gasteiger charge is 2.28. The summed E-state index contributed by atoms with van der Waals surface area (Å²) >= 11 is 0. The SMILES string of the molecule is CC(C)(C)c1ccc(CN2CCN(Cc3ccc(N)cc3)C2=O)cc1. The number of carbonyl (C=O) groups is 1. The number of nitrogens with two attached hydrogens (primary N) is 1. The summed E-state index contributed by atoms with van der Waals surface area (Å²) < 4.78 is 0. The molecule has 3 rings (SSSR count). The van der Waals surface area contributed by atoms with Crippen LogP contribution in [0.3, 0.4) is 0 Å². The molecule has 0 saturated carbocycles. The van der Waals surface area contributed by atoms with Crippen molar-refractivity contribution in [2.45, 2.75) is 39.3 Å². The second-order valence-corrected chi connectivity index (χ2v) is 7.81. The van der Waals surface area contributed by atoms with Crippen molar-refractivity contribution in [2.24, 2.45) is 0 Å². The van der Waals surface area contributed by atoms with Crippen LogP contribution in [0.2, 0.25) is 0 Å². The number of nitrogen functional groups attached to an aromatic ring is 1. The van der Waals surface area contributed by atoms with E-state index >= 15 is 0 Å². The van der Waals surface area contributed by atoms with Crippen LogP contribution < -0.4 is 5.73 Å². The molecule has 0 atom stereocenters. The molecule has 1 aliphatic rings. The van der Waals surface area contributed by atoms with Gasteiger partial charge in [0.05, 0.1) is 0 Å². The van der Waals surface area contributed by atoms with Gasteiger partial charge in [0.1, 0.15) is 0 Å². The summed E-state index contributed by atoms with van der Waals surface area (Å²) in [5.41, 5.74) is 10.2. The lowest BCUT2D eigenvalue weighted by atomic mass is 9.87. The third-order valence-corrected chi connectivity index (χ3v) is 4.73. The van der Waals surface area contributed by atoms with Gasteiger partial charge in [-0.2, -0.15) is 0 Å². The average Bonchev–Trinajstić information content (AvgIpc) is 2.90. The lowest BCUT2D eigenvalue weighted by Crippen LogP contribution is -2.31. The minimum Gasteiger partial charge on any atom is -0.399 e. The Kier molecular flexibility index (Phi) is 4.71. The van der Waals surface area contributed by atoms with Gasteiger partial charge in [0.15, 0.2) is 0 Å². The summed E-state index contributed by atoms with van der Waals surface area (Å²) in [6.45, 7) is 9.47. The number of hydrogen-bond donors (Lipinski definition) is 1. The first-order valence-electron chi connectivity index (χ1n) is 8.80. The van der Waals surface area contributed by atoms with E-state index in [-0.39, 0.29) is 11.4 Å². The molecule has 0 aliphatic carbocycles. The van der Waals surface area contributed by atoms with Crippen LogP contribution in [0.5, 0.6) is 0 Å². The number of rotatable bonds is 4. The molecular weight excluding hydrogens is 310 g/mol. The molecule has 0 radical (unpaired) electrons. The van der Waals surface area contributed by atoms with Crippen molar-refractivity contribution in [3.05, 3.63) is 65.2 Å². The average molecular weight is 337 g/mol. The van der Waals surface area contributed by atoms with E-state index in [2.05, 4.69) is 45.0 Å². The Morgan fingerprint density at radius 1 is 0.840 bits per heavy atom. The van der Waals surface area contributed by atoms with Gasteiger partial charge >= 0.3 is 6.03 Å². The van der Waals surface area contributed by atoms with Gasteiger partial charge in [-0.25, -0.2) is 4.79 Å². The van der Waals surface area contributed by atoms with Gasteiger partial charge in [-0.15, -0.1) is 0 Å². The summed E-state index contributed by atoms with van der Waals surface area (Å²) in [5.74, 6) is 0. The van der Waals surface area contributed by atoms with Crippen LogP contribution in [0.1, 0.15) is 37.5 Å². The van der Waals surface area contributed by atoms with E-state index in [1.807, 2.05) is 34.1 Å². The van der Waals surface area contributed by atoms with Gasteiger partial charge in [-0.1, -0.05) is 57.2 Å². The maximum absolute atomic E-state index is 12.6. The molecule has 0 spiro atoms. The summed E-state index contributed by atoms with van der Waals surface area (Å²) in [6, 6.07) is 16.4. The topological polar surface area (TPSA) is 49.6 Å². The van der Waals surface area contributed by atoms with E-state index in [1.54, 1.807) is 0 Å². The zero-order valence-corrected chi connectivity index (χ0v) is 15.3. The fourth-order valence-electron chi connectivity index (χ4n) is 3.10. The van der Waals surface area contributed by atoms with Crippen LogP contribution >= 0.6 is 0 Å². The molecule has 2 N–H and O–H groups in total. The highest BCUT2D eigenvalue weighted by atomic mass is 16.2. The Hall–Kier alpha value is -2.49. The van der Waals surface area contributed by atoms with E-state index in [0.29, 0.717) is 13.1 Å². The van der Waals surface area contributed by atoms with Gasteiger partial charge < -0.3 is 15.5 Å². The normalized spacial score (nSPS) is 15.1. The van der Waals surface area contributed by atoms with Crippen molar-refractivity contribution < 1.29 is 4.79 Å². The smallest absolute Gasteiger partial charge is 0.320 e. The Balaban J connectivity index is 1.61. The number of benzene rings is 2. The van der Waals surface area contributed by atoms with Crippen molar-refractivity contribution in [2.75, 3.05) is 18.8 Å². The van der Waals surface area contributed by atoms with Gasteiger partial charge in [-0.3, -0.25) is 0 Å². The first-order chi connectivity index (χ1) is 11.8. The molecule has 4 nitrogen and oxygen atoms in total. The van der Waals surface area contributed by atoms with Crippen molar-refractivity contribution >= 4 is 11.7 Å². The van der Waals surface area contributed by atoms with Crippen molar-refractivity contribution in [3.8, 4) is 0 Å². The van der Waals surface area contributed by atoms with Crippen LogP contribution in [0.25, 0.3) is 0 Å². The first kappa shape index (κ1) is 17.3. The maximum atomic E-state index is 12.6. The number of hydrogen-bond acceptors (Lipinski definition) is 2. The molecule has 2 aromatic rings. The molecule has 1 fully saturated rings. The van der Waals surface area contributed by atoms with Gasteiger partial charge in [-0.05, 0) is 34.2 Å². The van der Waals surface area contributed by atoms with Crippen LogP contribution in [0.15, 0.2) is 48.5 Å². The number of anilines is 1. The second kappa shape index (κ2) is 6.79. The van der Waals surface area contributed by atoms with Crippen LogP contribution in [0.4, 0.5) is 10.5 Å². The third kappa shape index (κ3) is 4.13. The molecule has 25 heavy (non-hydrogen) atoms. The lowest BCUT2D eigenvalue weighted by molar-refractivity contribution is 0.189. The summed E-state index contributed by atoms with van der Waals surface area (Å²) in [4.78, 5) is 16.5. The highest BCUT2D eigenvalue weighted by molar-refractivity contribution is 5.76. The standard InChI is InChI=1S/C21H27N3O/c1-21(2,3)18-8-4-16(5-9-18)14-23-12-13-24(20(23)25)15-17-6-10-19(22)11-7-17/h4-11H,12-15,22H2,1-3H3. The minimum absolute atomic E-state index is 0.108. The van der Waals surface area contributed by atoms with Crippen molar-refractivity contribution in [1.29, 1.82) is 0 Å². The second-order valence-electron chi connectivity index (χ2n) is 7.81. The molecule has 4 heteroatoms. The fraction of sp³-hybridized carbons (Fsp3) is 0.381. The summed E-state index contributed by atoms with van der Waals surface area (Å²) in [7, 11) is 0. The molecule has 1 aliphatic heterocycles. The van der Waals surface area contributed by atoms with Gasteiger partial charge in [0, 0.05) is 31.9 Å². The molecule has 132 valence electrons. The molecule has 0 bridgehead atoms. The van der Waals surface area contributed by atoms with Crippen LogP contribution in [-0.2, 0) is 18.5 Å². The quantitative estimate of drug-likeness (QED) is 0.857. The number of nitrogens with zero attached hydrogens (tertiary/aromatic N) is 2. The van der Waals surface area contributed by atoms with E-state index < -0.39 is 0 Å². The van der Waals surface area contributed by atoms with E-state index in [1.165, 1.54) is 11.1 Å². The van der Waals surface area contributed by atoms with Crippen molar-refractivity contribution in [3.63, 3.8) is 0 Å². The first-order valence-corrected chi connectivity index (χ1v) is 8.80. The molecule has 0 unspecified atom stereocenters. The number of carbonyl (C=O) groups excluding carboxylic acids is 1. The van der Waals surface area contributed by atoms with Crippen LogP contribution in [0, 0.1) is 0 Å². The monoisotopic (exact) mass is 337 g/mol. The molecular formula is C21H27N3O. The fourth-order valence-corrected chi connectivity index (χ4v) is 3.10. The molecule has 1 heterocycles. The Labute approximate surface area is 150 Å². The largest absolute Gasteiger partial charge is 0.399 e. The summed E-state index contributed by atoms with van der Waals surface area (Å²) in [6.07, 6.45) is 0. The molecule has 2 aromatic carbocycles. The number of urea groups is 1. The Bertz CT molecular complexity index is 729. The van der Waals surface area contributed by atoms with E-state index in [4.69, 9.17) is 5.73 Å². The molecule has 1 saturated heterocycles. The Morgan fingerprint density at radius 3 is 1.72 bits per heavy atom. The van der Waals surface area contributed by atoms with Gasteiger partial charge in [0.25, 0.3) is 0 Å². The molecule has 0 aromatic heterocycles. The zero-order valence-electron chi connectivity index (χ0n) is 15.3. The predicted molar refractivity (Wildman–Crippen MR) is 102 cm³/mol. The maximum Gasteiger partial charge on any atom is 0.320 e. The van der Waals surface area contributed by atoms with Crippen LogP contribution in [-0.4, -0.2) is 28.9 Å². The minimum atomic E-state index is 0.108.